The van der Waals surface area contributed by atoms with Crippen molar-refractivity contribution in [2.24, 2.45) is 0 Å². The lowest BCUT2D eigenvalue weighted by molar-refractivity contribution is 0.00889. The van der Waals surface area contributed by atoms with Gasteiger partial charge in [0.15, 0.2) is 0 Å². The molecular formula is C11H14ClNO3. The van der Waals surface area contributed by atoms with E-state index in [0.29, 0.717) is 23.8 Å². The fraction of sp³-hybridized carbons (Fsp3) is 0.364. The van der Waals surface area contributed by atoms with Crippen molar-refractivity contribution in [3.63, 3.8) is 0 Å². The molecule has 0 bridgehead atoms. The minimum Gasteiger partial charge on any atom is -0.382 e. The van der Waals surface area contributed by atoms with Gasteiger partial charge in [0.1, 0.15) is 0 Å². The van der Waals surface area contributed by atoms with Crippen molar-refractivity contribution in [1.82, 2.24) is 5.48 Å². The van der Waals surface area contributed by atoms with Gasteiger partial charge in [-0.25, -0.2) is 5.48 Å². The third-order valence-corrected chi connectivity index (χ3v) is 2.24. The van der Waals surface area contributed by atoms with Gasteiger partial charge >= 0.3 is 0 Å². The number of hydroxylamine groups is 1. The number of amides is 1. The molecule has 0 saturated heterocycles. The Morgan fingerprint density at radius 1 is 1.44 bits per heavy atom. The van der Waals surface area contributed by atoms with Crippen LogP contribution in [0.4, 0.5) is 0 Å². The lowest BCUT2D eigenvalue weighted by Crippen LogP contribution is -2.25. The van der Waals surface area contributed by atoms with Gasteiger partial charge in [-0.1, -0.05) is 17.7 Å². The minimum atomic E-state index is -0.360. The average Bonchev–Trinajstić information content (AvgIpc) is 2.24. The van der Waals surface area contributed by atoms with Gasteiger partial charge in [0.2, 0.25) is 0 Å². The third kappa shape index (κ3) is 3.81. The number of carbonyl (C=O) groups excluding carboxylic acids is 1. The molecule has 0 unspecified atom stereocenters. The second-order valence-electron chi connectivity index (χ2n) is 3.26. The molecular weight excluding hydrogens is 230 g/mol. The Bertz CT molecular complexity index is 368. The summed E-state index contributed by atoms with van der Waals surface area (Å²) in [5.41, 5.74) is 3.69. The molecule has 5 heteroatoms. The van der Waals surface area contributed by atoms with Crippen LogP contribution in [0.25, 0.3) is 0 Å². The number of methoxy groups -OCH3 is 1. The van der Waals surface area contributed by atoms with Gasteiger partial charge in [0.05, 0.1) is 23.8 Å². The van der Waals surface area contributed by atoms with Crippen LogP contribution in [0.2, 0.25) is 5.02 Å². The third-order valence-electron chi connectivity index (χ3n) is 1.92. The maximum Gasteiger partial charge on any atom is 0.276 e. The fourth-order valence-electron chi connectivity index (χ4n) is 1.10. The number of aryl methyl sites for hydroxylation is 1. The first-order valence-corrected chi connectivity index (χ1v) is 5.20. The predicted molar refractivity (Wildman–Crippen MR) is 61.5 cm³/mol. The molecule has 1 N–H and O–H groups in total. The van der Waals surface area contributed by atoms with Crippen LogP contribution in [-0.2, 0) is 9.57 Å². The number of hydrogen-bond donors (Lipinski definition) is 1. The van der Waals surface area contributed by atoms with Gasteiger partial charge in [-0.15, -0.1) is 0 Å². The number of hydrogen-bond acceptors (Lipinski definition) is 3. The molecule has 1 aromatic rings. The first kappa shape index (κ1) is 13.0. The molecule has 0 aliphatic heterocycles. The number of ether oxygens (including phenoxy) is 1. The van der Waals surface area contributed by atoms with Crippen molar-refractivity contribution < 1.29 is 14.4 Å². The van der Waals surface area contributed by atoms with Crippen molar-refractivity contribution in [2.75, 3.05) is 20.3 Å². The highest BCUT2D eigenvalue weighted by Gasteiger charge is 2.09. The van der Waals surface area contributed by atoms with E-state index in [0.717, 1.165) is 5.56 Å². The monoisotopic (exact) mass is 243 g/mol. The van der Waals surface area contributed by atoms with Crippen LogP contribution in [0.15, 0.2) is 18.2 Å². The molecule has 1 amide bonds. The number of benzene rings is 1. The maximum absolute atomic E-state index is 11.6. The molecule has 0 aromatic heterocycles. The molecule has 0 fully saturated rings. The summed E-state index contributed by atoms with van der Waals surface area (Å²) in [5.74, 6) is -0.360. The second-order valence-corrected chi connectivity index (χ2v) is 3.66. The second kappa shape index (κ2) is 6.48. The van der Waals surface area contributed by atoms with E-state index in [9.17, 15) is 4.79 Å². The Labute approximate surface area is 99.5 Å². The Morgan fingerprint density at radius 3 is 2.81 bits per heavy atom. The van der Waals surface area contributed by atoms with Crippen LogP contribution in [0, 0.1) is 6.92 Å². The van der Waals surface area contributed by atoms with Gasteiger partial charge in [0.25, 0.3) is 5.91 Å². The standard InChI is InChI=1S/C11H14ClNO3/c1-8-3-4-9(10(12)7-8)11(14)13-16-6-5-15-2/h3-4,7H,5-6H2,1-2H3,(H,13,14). The number of nitrogens with one attached hydrogen (secondary N) is 1. The number of carbonyl (C=O) groups is 1. The Kier molecular flexibility index (Phi) is 5.25. The zero-order valence-electron chi connectivity index (χ0n) is 9.25. The summed E-state index contributed by atoms with van der Waals surface area (Å²) < 4.78 is 4.77. The van der Waals surface area contributed by atoms with E-state index in [2.05, 4.69) is 5.48 Å². The first-order valence-electron chi connectivity index (χ1n) is 4.82. The summed E-state index contributed by atoms with van der Waals surface area (Å²) in [5, 5.41) is 0.410. The summed E-state index contributed by atoms with van der Waals surface area (Å²) in [6.45, 7) is 2.62. The fourth-order valence-corrected chi connectivity index (χ4v) is 1.42. The molecule has 0 aliphatic carbocycles. The Hall–Kier alpha value is -1.10. The highest BCUT2D eigenvalue weighted by molar-refractivity contribution is 6.33. The van der Waals surface area contributed by atoms with Crippen molar-refractivity contribution in [1.29, 1.82) is 0 Å². The van der Waals surface area contributed by atoms with Gasteiger partial charge < -0.3 is 4.74 Å². The van der Waals surface area contributed by atoms with Crippen molar-refractivity contribution in [3.8, 4) is 0 Å². The normalized spacial score (nSPS) is 10.2. The van der Waals surface area contributed by atoms with Crippen molar-refractivity contribution >= 4 is 17.5 Å². The van der Waals surface area contributed by atoms with Crippen LogP contribution in [0.5, 0.6) is 0 Å². The van der Waals surface area contributed by atoms with Gasteiger partial charge in [-0.2, -0.15) is 0 Å². The van der Waals surface area contributed by atoms with Crippen LogP contribution >= 0.6 is 11.6 Å². The molecule has 0 radical (unpaired) electrons. The van der Waals surface area contributed by atoms with E-state index in [-0.39, 0.29) is 5.91 Å². The molecule has 1 rings (SSSR count). The van der Waals surface area contributed by atoms with Crippen LogP contribution in [0.3, 0.4) is 0 Å². The molecule has 0 heterocycles. The zero-order chi connectivity index (χ0) is 12.0. The van der Waals surface area contributed by atoms with Gasteiger partial charge in [-0.05, 0) is 24.6 Å². The largest absolute Gasteiger partial charge is 0.382 e. The van der Waals surface area contributed by atoms with Crippen LogP contribution in [0.1, 0.15) is 15.9 Å². The SMILES string of the molecule is COCCONC(=O)c1ccc(C)cc1Cl. The summed E-state index contributed by atoms with van der Waals surface area (Å²) in [4.78, 5) is 16.5. The molecule has 4 nitrogen and oxygen atoms in total. The molecule has 0 spiro atoms. The highest BCUT2D eigenvalue weighted by atomic mass is 35.5. The predicted octanol–water partition coefficient (Wildman–Crippen LogP) is 1.96. The minimum absolute atomic E-state index is 0.297. The summed E-state index contributed by atoms with van der Waals surface area (Å²) in [7, 11) is 1.56. The quantitative estimate of drug-likeness (QED) is 0.635. The highest BCUT2D eigenvalue weighted by Crippen LogP contribution is 2.17. The summed E-state index contributed by atoms with van der Waals surface area (Å²) >= 11 is 5.92. The zero-order valence-corrected chi connectivity index (χ0v) is 10.0. The molecule has 88 valence electrons. The molecule has 1 aromatic carbocycles. The van der Waals surface area contributed by atoms with Gasteiger partial charge in [-0.3, -0.25) is 9.63 Å². The number of halogens is 1. The van der Waals surface area contributed by atoms with E-state index in [1.807, 2.05) is 13.0 Å². The van der Waals surface area contributed by atoms with E-state index < -0.39 is 0 Å². The average molecular weight is 244 g/mol. The summed E-state index contributed by atoms with van der Waals surface area (Å²) in [6.07, 6.45) is 0. The Morgan fingerprint density at radius 2 is 2.19 bits per heavy atom. The smallest absolute Gasteiger partial charge is 0.276 e. The van der Waals surface area contributed by atoms with Gasteiger partial charge in [0, 0.05) is 7.11 Å². The van der Waals surface area contributed by atoms with E-state index in [1.165, 1.54) is 0 Å². The lowest BCUT2D eigenvalue weighted by Gasteiger charge is -2.07. The van der Waals surface area contributed by atoms with Crippen LogP contribution in [-0.4, -0.2) is 26.2 Å². The topological polar surface area (TPSA) is 47.6 Å². The molecule has 0 atom stereocenters. The molecule has 0 saturated carbocycles. The summed E-state index contributed by atoms with van der Waals surface area (Å²) in [6, 6.07) is 5.20. The maximum atomic E-state index is 11.6. The Balaban J connectivity index is 2.53. The van der Waals surface area contributed by atoms with E-state index >= 15 is 0 Å². The van der Waals surface area contributed by atoms with Crippen molar-refractivity contribution in [3.05, 3.63) is 34.3 Å². The lowest BCUT2D eigenvalue weighted by atomic mass is 10.1. The molecule has 0 aliphatic rings. The van der Waals surface area contributed by atoms with E-state index in [1.54, 1.807) is 19.2 Å². The van der Waals surface area contributed by atoms with E-state index in [4.69, 9.17) is 21.2 Å². The van der Waals surface area contributed by atoms with Crippen molar-refractivity contribution in [2.45, 2.75) is 6.92 Å². The first-order chi connectivity index (χ1) is 7.65. The number of rotatable bonds is 5. The van der Waals surface area contributed by atoms with Crippen LogP contribution < -0.4 is 5.48 Å². The molecule has 16 heavy (non-hydrogen) atoms.